The zero-order chi connectivity index (χ0) is 11.4. The summed E-state index contributed by atoms with van der Waals surface area (Å²) in [6.45, 7) is 2.95. The molecular weight excluding hydrogens is 220 g/mol. The molecule has 0 unspecified atom stereocenters. The number of nitrogens with zero attached hydrogens (tertiary/aromatic N) is 1. The molecule has 2 aromatic rings. The lowest BCUT2D eigenvalue weighted by Crippen LogP contribution is -2.09. The van der Waals surface area contributed by atoms with E-state index in [9.17, 15) is 0 Å². The first-order chi connectivity index (χ1) is 7.79. The van der Waals surface area contributed by atoms with E-state index in [1.165, 1.54) is 10.4 Å². The molecule has 0 atom stereocenters. The summed E-state index contributed by atoms with van der Waals surface area (Å²) in [5, 5.41) is 5.44. The van der Waals surface area contributed by atoms with Crippen molar-refractivity contribution in [3.8, 4) is 0 Å². The van der Waals surface area contributed by atoms with Crippen LogP contribution in [0.25, 0.3) is 0 Å². The van der Waals surface area contributed by atoms with Crippen molar-refractivity contribution < 1.29 is 0 Å². The SMILES string of the molecule is Cc1ccsc1CNc1ccnc(NN)c1. The second kappa shape index (κ2) is 4.96. The molecule has 0 saturated carbocycles. The van der Waals surface area contributed by atoms with Crippen molar-refractivity contribution in [1.82, 2.24) is 4.98 Å². The minimum absolute atomic E-state index is 0.660. The third-order valence-corrected chi connectivity index (χ3v) is 3.35. The predicted octanol–water partition coefficient (Wildman–Crippen LogP) is 2.35. The monoisotopic (exact) mass is 234 g/mol. The topological polar surface area (TPSA) is 63.0 Å². The number of nitrogens with one attached hydrogen (secondary N) is 2. The number of aryl methyl sites for hydroxylation is 1. The number of hydrazine groups is 1. The summed E-state index contributed by atoms with van der Waals surface area (Å²) < 4.78 is 0. The van der Waals surface area contributed by atoms with E-state index in [0.717, 1.165) is 12.2 Å². The Labute approximate surface area is 98.5 Å². The first-order valence-electron chi connectivity index (χ1n) is 4.99. The van der Waals surface area contributed by atoms with Gasteiger partial charge in [-0.05, 0) is 30.0 Å². The van der Waals surface area contributed by atoms with E-state index in [4.69, 9.17) is 5.84 Å². The van der Waals surface area contributed by atoms with Gasteiger partial charge in [0, 0.05) is 29.4 Å². The number of anilines is 2. The van der Waals surface area contributed by atoms with Gasteiger partial charge in [0.25, 0.3) is 0 Å². The molecule has 4 nitrogen and oxygen atoms in total. The van der Waals surface area contributed by atoms with Gasteiger partial charge in [0.1, 0.15) is 5.82 Å². The fourth-order valence-electron chi connectivity index (χ4n) is 1.39. The Morgan fingerprint density at radius 3 is 3.00 bits per heavy atom. The van der Waals surface area contributed by atoms with Gasteiger partial charge >= 0.3 is 0 Å². The van der Waals surface area contributed by atoms with E-state index in [1.54, 1.807) is 17.5 Å². The van der Waals surface area contributed by atoms with Crippen LogP contribution in [0.3, 0.4) is 0 Å². The Morgan fingerprint density at radius 1 is 1.44 bits per heavy atom. The van der Waals surface area contributed by atoms with Gasteiger partial charge in [-0.1, -0.05) is 0 Å². The van der Waals surface area contributed by atoms with Crippen molar-refractivity contribution >= 4 is 22.8 Å². The highest BCUT2D eigenvalue weighted by atomic mass is 32.1. The smallest absolute Gasteiger partial charge is 0.141 e. The van der Waals surface area contributed by atoms with Crippen LogP contribution in [0.5, 0.6) is 0 Å². The minimum Gasteiger partial charge on any atom is -0.380 e. The second-order valence-corrected chi connectivity index (χ2v) is 4.46. The van der Waals surface area contributed by atoms with Crippen molar-refractivity contribution in [2.75, 3.05) is 10.7 Å². The summed E-state index contributed by atoms with van der Waals surface area (Å²) in [6.07, 6.45) is 1.72. The van der Waals surface area contributed by atoms with E-state index >= 15 is 0 Å². The molecule has 0 bridgehead atoms. The molecule has 0 aliphatic rings. The fraction of sp³-hybridized carbons (Fsp3) is 0.182. The summed E-state index contributed by atoms with van der Waals surface area (Å²) in [4.78, 5) is 5.39. The number of nitrogens with two attached hydrogens (primary N) is 1. The number of aromatic nitrogens is 1. The lowest BCUT2D eigenvalue weighted by molar-refractivity contribution is 1.15. The van der Waals surface area contributed by atoms with Crippen molar-refractivity contribution in [2.45, 2.75) is 13.5 Å². The molecule has 84 valence electrons. The standard InChI is InChI=1S/C11H14N4S/c1-8-3-5-16-10(8)7-14-9-2-4-13-11(6-9)15-12/h2-6H,7,12H2,1H3,(H2,13,14,15). The maximum atomic E-state index is 5.30. The molecule has 0 aromatic carbocycles. The Kier molecular flexibility index (Phi) is 3.38. The second-order valence-electron chi connectivity index (χ2n) is 3.45. The van der Waals surface area contributed by atoms with E-state index in [0.29, 0.717) is 5.82 Å². The Bertz CT molecular complexity index is 467. The summed E-state index contributed by atoms with van der Waals surface area (Å²) in [6, 6.07) is 5.92. The number of nitrogen functional groups attached to an aromatic ring is 1. The molecule has 0 amide bonds. The normalized spacial score (nSPS) is 10.1. The molecule has 0 fully saturated rings. The molecule has 2 aromatic heterocycles. The van der Waals surface area contributed by atoms with Crippen LogP contribution in [0.15, 0.2) is 29.8 Å². The molecule has 2 heterocycles. The number of hydrogen-bond donors (Lipinski definition) is 3. The maximum absolute atomic E-state index is 5.30. The Morgan fingerprint density at radius 2 is 2.31 bits per heavy atom. The van der Waals surface area contributed by atoms with Crippen LogP contribution in [0.2, 0.25) is 0 Å². The molecule has 16 heavy (non-hydrogen) atoms. The molecular formula is C11H14N4S. The molecule has 0 radical (unpaired) electrons. The number of pyridine rings is 1. The zero-order valence-electron chi connectivity index (χ0n) is 9.03. The molecule has 4 N–H and O–H groups in total. The molecule has 2 rings (SSSR count). The van der Waals surface area contributed by atoms with Gasteiger partial charge in [-0.15, -0.1) is 11.3 Å². The lowest BCUT2D eigenvalue weighted by atomic mass is 10.3. The first kappa shape index (κ1) is 10.9. The van der Waals surface area contributed by atoms with Gasteiger partial charge < -0.3 is 10.7 Å². The number of rotatable bonds is 4. The van der Waals surface area contributed by atoms with E-state index in [1.807, 2.05) is 12.1 Å². The highest BCUT2D eigenvalue weighted by Gasteiger charge is 2.00. The quantitative estimate of drug-likeness (QED) is 0.561. The van der Waals surface area contributed by atoms with Crippen molar-refractivity contribution in [2.24, 2.45) is 5.84 Å². The van der Waals surface area contributed by atoms with Crippen LogP contribution >= 0.6 is 11.3 Å². The van der Waals surface area contributed by atoms with Gasteiger partial charge in [-0.25, -0.2) is 10.8 Å². The molecule has 0 spiro atoms. The Hall–Kier alpha value is -1.59. The lowest BCUT2D eigenvalue weighted by Gasteiger charge is -2.07. The summed E-state index contributed by atoms with van der Waals surface area (Å²) in [5.74, 6) is 5.96. The van der Waals surface area contributed by atoms with E-state index in [-0.39, 0.29) is 0 Å². The third kappa shape index (κ3) is 2.50. The van der Waals surface area contributed by atoms with Crippen LogP contribution in [0.4, 0.5) is 11.5 Å². The van der Waals surface area contributed by atoms with Crippen LogP contribution in [0, 0.1) is 6.92 Å². The van der Waals surface area contributed by atoms with E-state index in [2.05, 4.69) is 34.1 Å². The molecule has 0 aliphatic heterocycles. The first-order valence-corrected chi connectivity index (χ1v) is 5.87. The Balaban J connectivity index is 2.02. The van der Waals surface area contributed by atoms with E-state index < -0.39 is 0 Å². The molecule has 5 heteroatoms. The van der Waals surface area contributed by atoms with Crippen molar-refractivity contribution in [3.63, 3.8) is 0 Å². The summed E-state index contributed by atoms with van der Waals surface area (Å²) in [5.41, 5.74) is 4.86. The van der Waals surface area contributed by atoms with Gasteiger partial charge in [-0.3, -0.25) is 0 Å². The van der Waals surface area contributed by atoms with Gasteiger partial charge in [0.05, 0.1) is 0 Å². The highest BCUT2D eigenvalue weighted by Crippen LogP contribution is 2.18. The number of hydrogen-bond acceptors (Lipinski definition) is 5. The predicted molar refractivity (Wildman–Crippen MR) is 68.4 cm³/mol. The average Bonchev–Trinajstić information content (AvgIpc) is 2.72. The average molecular weight is 234 g/mol. The van der Waals surface area contributed by atoms with Crippen LogP contribution < -0.4 is 16.6 Å². The zero-order valence-corrected chi connectivity index (χ0v) is 9.84. The van der Waals surface area contributed by atoms with Crippen LogP contribution in [-0.2, 0) is 6.54 Å². The van der Waals surface area contributed by atoms with Gasteiger partial charge in [0.2, 0.25) is 0 Å². The van der Waals surface area contributed by atoms with Gasteiger partial charge in [0.15, 0.2) is 0 Å². The fourth-order valence-corrected chi connectivity index (χ4v) is 2.23. The minimum atomic E-state index is 0.660. The molecule has 0 aliphatic carbocycles. The van der Waals surface area contributed by atoms with Crippen molar-refractivity contribution in [3.05, 3.63) is 40.2 Å². The largest absolute Gasteiger partial charge is 0.380 e. The van der Waals surface area contributed by atoms with Crippen molar-refractivity contribution in [1.29, 1.82) is 0 Å². The molecule has 0 saturated heterocycles. The third-order valence-electron chi connectivity index (χ3n) is 2.33. The van der Waals surface area contributed by atoms with Crippen LogP contribution in [-0.4, -0.2) is 4.98 Å². The van der Waals surface area contributed by atoms with Crippen LogP contribution in [0.1, 0.15) is 10.4 Å². The maximum Gasteiger partial charge on any atom is 0.141 e. The highest BCUT2D eigenvalue weighted by molar-refractivity contribution is 7.10. The van der Waals surface area contributed by atoms with Gasteiger partial charge in [-0.2, -0.15) is 0 Å². The number of thiophene rings is 1. The summed E-state index contributed by atoms with van der Waals surface area (Å²) in [7, 11) is 0. The summed E-state index contributed by atoms with van der Waals surface area (Å²) >= 11 is 1.76.